The average Bonchev–Trinajstić information content (AvgIpc) is 2.77. The van der Waals surface area contributed by atoms with Gasteiger partial charge in [-0.2, -0.15) is 0 Å². The zero-order valence-corrected chi connectivity index (χ0v) is 14.7. The van der Waals surface area contributed by atoms with Gasteiger partial charge < -0.3 is 19.5 Å². The fourth-order valence-corrected chi connectivity index (χ4v) is 2.44. The van der Waals surface area contributed by atoms with E-state index in [1.165, 1.54) is 7.11 Å². The average molecular weight is 321 g/mol. The highest BCUT2D eigenvalue weighted by Crippen LogP contribution is 2.35. The Morgan fingerprint density at radius 2 is 1.91 bits per heavy atom. The second-order valence-electron chi connectivity index (χ2n) is 6.89. The second kappa shape index (κ2) is 6.79. The molecule has 23 heavy (non-hydrogen) atoms. The molecule has 0 saturated carbocycles. The van der Waals surface area contributed by atoms with Crippen LogP contribution in [0.25, 0.3) is 0 Å². The minimum absolute atomic E-state index is 0.235. The lowest BCUT2D eigenvalue weighted by molar-refractivity contribution is -0.155. The van der Waals surface area contributed by atoms with Crippen molar-refractivity contribution in [2.45, 2.75) is 46.2 Å². The maximum absolute atomic E-state index is 12.1. The molecule has 0 bridgehead atoms. The highest BCUT2D eigenvalue weighted by molar-refractivity contribution is 5.77. The van der Waals surface area contributed by atoms with Crippen molar-refractivity contribution in [2.75, 3.05) is 20.3 Å². The summed E-state index contributed by atoms with van der Waals surface area (Å²) in [6.45, 7) is 9.69. The minimum Gasteiger partial charge on any atom is -0.490 e. The van der Waals surface area contributed by atoms with E-state index in [0.717, 1.165) is 23.5 Å². The van der Waals surface area contributed by atoms with Crippen molar-refractivity contribution in [3.8, 4) is 11.5 Å². The van der Waals surface area contributed by atoms with Crippen LogP contribution < -0.4 is 14.8 Å². The van der Waals surface area contributed by atoms with Crippen LogP contribution in [0.15, 0.2) is 18.2 Å². The van der Waals surface area contributed by atoms with Gasteiger partial charge in [0.15, 0.2) is 11.5 Å². The number of benzene rings is 1. The number of fused-ring (bicyclic) bond motifs is 1. The third-order valence-corrected chi connectivity index (χ3v) is 4.83. The van der Waals surface area contributed by atoms with E-state index in [1.807, 2.05) is 45.9 Å². The van der Waals surface area contributed by atoms with E-state index in [2.05, 4.69) is 5.32 Å². The van der Waals surface area contributed by atoms with Crippen LogP contribution in [0.4, 0.5) is 0 Å². The van der Waals surface area contributed by atoms with Crippen molar-refractivity contribution in [1.82, 2.24) is 5.32 Å². The molecule has 0 aromatic heterocycles. The Hall–Kier alpha value is -1.75. The first-order chi connectivity index (χ1) is 10.8. The summed E-state index contributed by atoms with van der Waals surface area (Å²) >= 11 is 0. The summed E-state index contributed by atoms with van der Waals surface area (Å²) in [5.41, 5.74) is -0.0858. The summed E-state index contributed by atoms with van der Waals surface area (Å²) in [5.74, 6) is 1.34. The van der Waals surface area contributed by atoms with Gasteiger partial charge in [-0.05, 0) is 33.8 Å². The fraction of sp³-hybridized carbons (Fsp3) is 0.611. The number of para-hydroxylation sites is 1. The van der Waals surface area contributed by atoms with E-state index in [4.69, 9.17) is 14.2 Å². The van der Waals surface area contributed by atoms with Gasteiger partial charge in [-0.3, -0.25) is 4.79 Å². The van der Waals surface area contributed by atoms with Crippen LogP contribution in [-0.4, -0.2) is 31.8 Å². The van der Waals surface area contributed by atoms with E-state index < -0.39 is 11.0 Å². The molecular formula is C18H27NO4. The largest absolute Gasteiger partial charge is 0.490 e. The summed E-state index contributed by atoms with van der Waals surface area (Å²) < 4.78 is 16.5. The SMILES string of the molecule is COC(=O)C(C)(C)C(C)(C)NCc1cccc2c1OCCCO2. The molecule has 1 aromatic carbocycles. The number of ether oxygens (including phenoxy) is 3. The lowest BCUT2D eigenvalue weighted by atomic mass is 9.74. The molecule has 0 saturated heterocycles. The molecular weight excluding hydrogens is 294 g/mol. The molecule has 1 heterocycles. The molecule has 5 heteroatoms. The van der Waals surface area contributed by atoms with Crippen LogP contribution in [0.3, 0.4) is 0 Å². The number of nitrogens with one attached hydrogen (secondary N) is 1. The van der Waals surface area contributed by atoms with Crippen molar-refractivity contribution in [1.29, 1.82) is 0 Å². The Balaban J connectivity index is 2.16. The normalized spacial score (nSPS) is 15.0. The Morgan fingerprint density at radius 1 is 1.22 bits per heavy atom. The summed E-state index contributed by atoms with van der Waals surface area (Å²) in [6.07, 6.45) is 0.877. The van der Waals surface area contributed by atoms with E-state index in [9.17, 15) is 4.79 Å². The first kappa shape index (κ1) is 17.6. The number of hydrogen-bond donors (Lipinski definition) is 1. The van der Waals surface area contributed by atoms with Gasteiger partial charge in [0, 0.05) is 24.1 Å². The van der Waals surface area contributed by atoms with Crippen LogP contribution >= 0.6 is 0 Å². The van der Waals surface area contributed by atoms with Crippen LogP contribution in [-0.2, 0) is 16.1 Å². The topological polar surface area (TPSA) is 56.8 Å². The lowest BCUT2D eigenvalue weighted by Gasteiger charge is -2.40. The maximum atomic E-state index is 12.1. The quantitative estimate of drug-likeness (QED) is 0.845. The van der Waals surface area contributed by atoms with E-state index in [1.54, 1.807) is 0 Å². The molecule has 2 rings (SSSR count). The number of carbonyl (C=O) groups is 1. The van der Waals surface area contributed by atoms with Crippen molar-refractivity contribution in [3.05, 3.63) is 23.8 Å². The smallest absolute Gasteiger partial charge is 0.313 e. The highest BCUT2D eigenvalue weighted by Gasteiger charge is 2.44. The maximum Gasteiger partial charge on any atom is 0.313 e. The zero-order valence-electron chi connectivity index (χ0n) is 14.7. The summed E-state index contributed by atoms with van der Waals surface area (Å²) in [4.78, 5) is 12.1. The Kier molecular flexibility index (Phi) is 5.19. The van der Waals surface area contributed by atoms with Crippen molar-refractivity contribution in [3.63, 3.8) is 0 Å². The van der Waals surface area contributed by atoms with Crippen LogP contribution in [0.1, 0.15) is 39.7 Å². The molecule has 128 valence electrons. The molecule has 5 nitrogen and oxygen atoms in total. The number of carbonyl (C=O) groups excluding carboxylic acids is 1. The lowest BCUT2D eigenvalue weighted by Crippen LogP contribution is -2.55. The van der Waals surface area contributed by atoms with E-state index in [-0.39, 0.29) is 5.97 Å². The molecule has 1 aromatic rings. The molecule has 0 fully saturated rings. The summed E-state index contributed by atoms with van der Waals surface area (Å²) in [6, 6.07) is 5.90. The summed E-state index contributed by atoms with van der Waals surface area (Å²) in [5, 5.41) is 3.46. The third kappa shape index (κ3) is 3.61. The molecule has 0 amide bonds. The van der Waals surface area contributed by atoms with Gasteiger partial charge in [-0.1, -0.05) is 12.1 Å². The molecule has 0 spiro atoms. The predicted molar refractivity (Wildman–Crippen MR) is 88.8 cm³/mol. The highest BCUT2D eigenvalue weighted by atomic mass is 16.5. The minimum atomic E-state index is -0.662. The van der Waals surface area contributed by atoms with E-state index in [0.29, 0.717) is 19.8 Å². The number of methoxy groups -OCH3 is 1. The third-order valence-electron chi connectivity index (χ3n) is 4.83. The van der Waals surface area contributed by atoms with Gasteiger partial charge in [0.25, 0.3) is 0 Å². The number of hydrogen-bond acceptors (Lipinski definition) is 5. The molecule has 1 aliphatic rings. The second-order valence-corrected chi connectivity index (χ2v) is 6.89. The predicted octanol–water partition coefficient (Wildman–Crippen LogP) is 2.92. The first-order valence-corrected chi connectivity index (χ1v) is 8.00. The Bertz CT molecular complexity index is 566. The molecule has 1 aliphatic heterocycles. The van der Waals surface area contributed by atoms with Crippen LogP contribution in [0.5, 0.6) is 11.5 Å². The number of esters is 1. The molecule has 0 unspecified atom stereocenters. The molecule has 0 aliphatic carbocycles. The first-order valence-electron chi connectivity index (χ1n) is 8.00. The standard InChI is InChI=1S/C18H27NO4/c1-17(2,16(20)21-5)18(3,4)19-12-13-8-6-9-14-15(13)23-11-7-10-22-14/h6,8-9,19H,7,10-12H2,1-5H3. The Labute approximate surface area is 138 Å². The monoisotopic (exact) mass is 321 g/mol. The zero-order chi connectivity index (χ0) is 17.1. The van der Waals surface area contributed by atoms with Crippen molar-refractivity contribution in [2.24, 2.45) is 5.41 Å². The van der Waals surface area contributed by atoms with Crippen LogP contribution in [0.2, 0.25) is 0 Å². The van der Waals surface area contributed by atoms with Gasteiger partial charge in [0.2, 0.25) is 0 Å². The molecule has 0 radical (unpaired) electrons. The van der Waals surface area contributed by atoms with Crippen molar-refractivity contribution >= 4 is 5.97 Å². The van der Waals surface area contributed by atoms with Gasteiger partial charge in [0.05, 0.1) is 25.7 Å². The molecule has 0 atom stereocenters. The summed E-state index contributed by atoms with van der Waals surface area (Å²) in [7, 11) is 1.42. The molecule has 1 N–H and O–H groups in total. The van der Waals surface area contributed by atoms with Gasteiger partial charge in [-0.15, -0.1) is 0 Å². The van der Waals surface area contributed by atoms with Crippen LogP contribution in [0, 0.1) is 5.41 Å². The Morgan fingerprint density at radius 3 is 2.61 bits per heavy atom. The van der Waals surface area contributed by atoms with E-state index >= 15 is 0 Å². The number of rotatable bonds is 5. The van der Waals surface area contributed by atoms with Gasteiger partial charge in [-0.25, -0.2) is 0 Å². The van der Waals surface area contributed by atoms with Gasteiger partial charge in [0.1, 0.15) is 0 Å². The van der Waals surface area contributed by atoms with Crippen molar-refractivity contribution < 1.29 is 19.0 Å². The fourth-order valence-electron chi connectivity index (χ4n) is 2.44. The van der Waals surface area contributed by atoms with Gasteiger partial charge >= 0.3 is 5.97 Å².